The maximum absolute atomic E-state index is 7.34. The third-order valence-electron chi connectivity index (χ3n) is 10.4. The number of epoxide rings is 1. The maximum Gasteiger partial charge on any atom is 0.328 e. The quantitative estimate of drug-likeness (QED) is 0.208. The van der Waals surface area contributed by atoms with Gasteiger partial charge in [-0.05, 0) is 95.4 Å². The molecule has 6 fully saturated rings. The zero-order valence-electron chi connectivity index (χ0n) is 23.0. The summed E-state index contributed by atoms with van der Waals surface area (Å²) in [4.78, 5) is 0. The van der Waals surface area contributed by atoms with Gasteiger partial charge in [0.05, 0.1) is 32.5 Å². The van der Waals surface area contributed by atoms with E-state index in [1.54, 1.807) is 0 Å². The lowest BCUT2D eigenvalue weighted by Gasteiger charge is -2.49. The molecule has 6 aliphatic rings. The van der Waals surface area contributed by atoms with Crippen LogP contribution in [0.4, 0.5) is 0 Å². The van der Waals surface area contributed by atoms with Gasteiger partial charge in [0.25, 0.3) is 0 Å². The van der Waals surface area contributed by atoms with Crippen molar-refractivity contribution in [2.45, 2.75) is 158 Å². The molecule has 4 aliphatic heterocycles. The van der Waals surface area contributed by atoms with Gasteiger partial charge in [0, 0.05) is 5.22 Å². The van der Waals surface area contributed by atoms with Crippen LogP contribution < -0.4 is 0 Å². The minimum atomic E-state index is -2.13. The number of hydrogen-bond donors (Lipinski definition) is 0. The zero-order valence-corrected chi connectivity index (χ0v) is 26.0. The molecule has 0 radical (unpaired) electrons. The van der Waals surface area contributed by atoms with E-state index in [0.717, 1.165) is 11.8 Å². The molecule has 2 aliphatic carbocycles. The fourth-order valence-corrected chi connectivity index (χ4v) is 20.3. The molecule has 6 rings (SSSR count). The fraction of sp³-hybridized carbons (Fsp3) is 1.00. The van der Waals surface area contributed by atoms with Crippen molar-refractivity contribution in [2.75, 3.05) is 0 Å². The first-order valence-corrected chi connectivity index (χ1v) is 23.2. The van der Waals surface area contributed by atoms with Crippen LogP contribution in [0.1, 0.15) is 78.1 Å². The molecule has 4 nitrogen and oxygen atoms in total. The van der Waals surface area contributed by atoms with Gasteiger partial charge in [-0.2, -0.15) is 0 Å². The predicted molar refractivity (Wildman–Crippen MR) is 147 cm³/mol. The Balaban J connectivity index is 1.16. The SMILES string of the molecule is CC(C)(O[Si]1(O[Si](C)(C)CCC2CCC3OC3C2)CCCC1)[Si](C)(C)CCC1CC2CC(C1)O2. The van der Waals surface area contributed by atoms with Gasteiger partial charge in [-0.3, -0.25) is 0 Å². The van der Waals surface area contributed by atoms with Crippen molar-refractivity contribution in [1.29, 1.82) is 0 Å². The summed E-state index contributed by atoms with van der Waals surface area (Å²) in [6.45, 7) is 15.0. The van der Waals surface area contributed by atoms with E-state index >= 15 is 0 Å². The summed E-state index contributed by atoms with van der Waals surface area (Å²) in [6.07, 6.45) is 15.6. The Bertz CT molecular complexity index is 705. The first-order valence-electron chi connectivity index (χ1n) is 14.7. The molecular formula is C27H52O4Si3. The van der Waals surface area contributed by atoms with Gasteiger partial charge in [-0.1, -0.05) is 44.8 Å². The van der Waals surface area contributed by atoms with E-state index in [1.165, 1.54) is 88.4 Å². The van der Waals surface area contributed by atoms with Crippen LogP contribution in [0.5, 0.6) is 0 Å². The lowest BCUT2D eigenvalue weighted by molar-refractivity contribution is -0.173. The lowest BCUT2D eigenvalue weighted by atomic mass is 9.79. The average molecular weight is 525 g/mol. The van der Waals surface area contributed by atoms with Crippen molar-refractivity contribution < 1.29 is 18.0 Å². The minimum absolute atomic E-state index is 0.0101. The normalized spacial score (nSPS) is 37.2. The zero-order chi connectivity index (χ0) is 24.2. The second-order valence-corrected chi connectivity index (χ2v) is 27.7. The highest BCUT2D eigenvalue weighted by Gasteiger charge is 2.53. The fourth-order valence-electron chi connectivity index (χ4n) is 7.40. The maximum atomic E-state index is 7.34. The number of fused-ring (bicyclic) bond motifs is 3. The van der Waals surface area contributed by atoms with Crippen molar-refractivity contribution in [3.8, 4) is 0 Å². The monoisotopic (exact) mass is 524 g/mol. The van der Waals surface area contributed by atoms with Crippen molar-refractivity contribution in [3.05, 3.63) is 0 Å². The molecular weight excluding hydrogens is 473 g/mol. The van der Waals surface area contributed by atoms with E-state index in [0.29, 0.717) is 24.4 Å². The van der Waals surface area contributed by atoms with Crippen LogP contribution in [0.2, 0.25) is 50.4 Å². The number of rotatable bonds is 11. The smallest absolute Gasteiger partial charge is 0.328 e. The van der Waals surface area contributed by atoms with Crippen LogP contribution in [0, 0.1) is 11.8 Å². The van der Waals surface area contributed by atoms with Crippen molar-refractivity contribution in [3.63, 3.8) is 0 Å². The average Bonchev–Trinajstić information content (AvgIpc) is 3.40. The second-order valence-electron chi connectivity index (χ2n) is 14.4. The topological polar surface area (TPSA) is 40.2 Å². The predicted octanol–water partition coefficient (Wildman–Crippen LogP) is 7.40. The summed E-state index contributed by atoms with van der Waals surface area (Å²) in [5.41, 5.74) is 0. The molecule has 5 unspecified atom stereocenters. The molecule has 0 aromatic rings. The van der Waals surface area contributed by atoms with E-state index in [4.69, 9.17) is 18.0 Å². The van der Waals surface area contributed by atoms with Gasteiger partial charge >= 0.3 is 8.56 Å². The molecule has 0 amide bonds. The Labute approximate surface area is 212 Å². The Hall–Kier alpha value is 0.491. The molecule has 4 saturated heterocycles. The van der Waals surface area contributed by atoms with Crippen LogP contribution in [0.3, 0.4) is 0 Å². The summed E-state index contributed by atoms with van der Waals surface area (Å²) in [7, 11) is -5.44. The number of ether oxygens (including phenoxy) is 2. The van der Waals surface area contributed by atoms with E-state index < -0.39 is 25.0 Å². The summed E-state index contributed by atoms with van der Waals surface area (Å²) in [5.74, 6) is 1.75. The van der Waals surface area contributed by atoms with Crippen LogP contribution in [0.15, 0.2) is 0 Å². The molecule has 34 heavy (non-hydrogen) atoms. The van der Waals surface area contributed by atoms with Gasteiger partial charge in [0.1, 0.15) is 0 Å². The van der Waals surface area contributed by atoms with Gasteiger partial charge in [-0.15, -0.1) is 0 Å². The van der Waals surface area contributed by atoms with Crippen LogP contribution >= 0.6 is 0 Å². The third-order valence-corrected chi connectivity index (χ3v) is 23.9. The highest BCUT2D eigenvalue weighted by molar-refractivity contribution is 6.85. The van der Waals surface area contributed by atoms with Crippen LogP contribution in [0.25, 0.3) is 0 Å². The first-order chi connectivity index (χ1) is 15.9. The van der Waals surface area contributed by atoms with Crippen LogP contribution in [-0.2, 0) is 18.0 Å². The molecule has 0 aromatic heterocycles. The molecule has 0 spiro atoms. The van der Waals surface area contributed by atoms with Gasteiger partial charge in [0.15, 0.2) is 8.32 Å². The molecule has 2 bridgehead atoms. The second kappa shape index (κ2) is 9.66. The first kappa shape index (κ1) is 26.1. The Kier molecular flexibility index (Phi) is 7.42. The standard InChI is InChI=1S/C27H52O4Si3/c1-27(2,32(3,4)15-11-22-17-23-20-24(18-22)28-23)30-34(13-7-8-14-34)31-33(5,6)16-12-21-9-10-25-26(19-21)29-25/h21-26H,7-20H2,1-6H3. The molecule has 2 saturated carbocycles. The number of hydrogen-bond acceptors (Lipinski definition) is 4. The molecule has 0 N–H and O–H groups in total. The molecule has 0 aromatic carbocycles. The molecule has 4 heterocycles. The third kappa shape index (κ3) is 5.97. The van der Waals surface area contributed by atoms with Crippen molar-refractivity contribution >= 4 is 25.0 Å². The van der Waals surface area contributed by atoms with Crippen LogP contribution in [-0.4, -0.2) is 54.6 Å². The summed E-state index contributed by atoms with van der Waals surface area (Å²) in [5, 5.41) is -0.0101. The Morgan fingerprint density at radius 1 is 0.794 bits per heavy atom. The Morgan fingerprint density at radius 2 is 1.44 bits per heavy atom. The van der Waals surface area contributed by atoms with Gasteiger partial charge < -0.3 is 18.0 Å². The molecule has 196 valence electrons. The van der Waals surface area contributed by atoms with Crippen molar-refractivity contribution in [1.82, 2.24) is 0 Å². The van der Waals surface area contributed by atoms with Gasteiger partial charge in [-0.25, -0.2) is 0 Å². The van der Waals surface area contributed by atoms with Crippen molar-refractivity contribution in [2.24, 2.45) is 11.8 Å². The van der Waals surface area contributed by atoms with E-state index in [2.05, 4.69) is 40.0 Å². The van der Waals surface area contributed by atoms with E-state index in [1.807, 2.05) is 0 Å². The Morgan fingerprint density at radius 3 is 2.09 bits per heavy atom. The highest BCUT2D eigenvalue weighted by Crippen LogP contribution is 2.45. The lowest BCUT2D eigenvalue weighted by Crippen LogP contribution is -2.60. The summed E-state index contributed by atoms with van der Waals surface area (Å²) < 4.78 is 26.3. The molecule has 5 atom stereocenters. The van der Waals surface area contributed by atoms with Gasteiger partial charge in [0.2, 0.25) is 0 Å². The minimum Gasteiger partial charge on any atom is -0.436 e. The molecule has 7 heteroatoms. The summed E-state index contributed by atoms with van der Waals surface area (Å²) in [6, 6.07) is 5.12. The largest absolute Gasteiger partial charge is 0.436 e. The van der Waals surface area contributed by atoms with E-state index in [-0.39, 0.29) is 5.22 Å². The summed E-state index contributed by atoms with van der Waals surface area (Å²) >= 11 is 0. The van der Waals surface area contributed by atoms with E-state index in [9.17, 15) is 0 Å². The highest BCUT2D eigenvalue weighted by atomic mass is 28.4.